The Morgan fingerprint density at radius 1 is 1.30 bits per heavy atom. The molecule has 0 aliphatic rings. The monoisotopic (exact) mass is 350 g/mol. The Kier molecular flexibility index (Phi) is 3.50. The molecule has 1 aromatic carbocycles. The number of aromatic nitrogens is 1. The first-order chi connectivity index (χ1) is 9.69. The molecule has 0 aliphatic carbocycles. The fourth-order valence-corrected chi connectivity index (χ4v) is 3.02. The minimum absolute atomic E-state index is 0.315. The standard InChI is InChI=1S/C14H11BrN2O2S/c1-18-10-6-11(20-7-10)13-12(14(16)19-17-13)8-2-4-9(15)5-3-8/h2-7H,16H2,1H3. The number of halogens is 1. The minimum Gasteiger partial charge on any atom is -0.496 e. The molecular weight excluding hydrogens is 340 g/mol. The number of hydrogen-bond acceptors (Lipinski definition) is 5. The number of anilines is 1. The molecule has 3 aromatic rings. The number of nitrogen functional groups attached to an aromatic ring is 1. The summed E-state index contributed by atoms with van der Waals surface area (Å²) in [4.78, 5) is 0.959. The molecule has 20 heavy (non-hydrogen) atoms. The van der Waals surface area contributed by atoms with E-state index in [4.69, 9.17) is 15.0 Å². The summed E-state index contributed by atoms with van der Waals surface area (Å²) >= 11 is 4.96. The van der Waals surface area contributed by atoms with E-state index in [9.17, 15) is 0 Å². The van der Waals surface area contributed by atoms with Crippen LogP contribution in [0.1, 0.15) is 0 Å². The molecule has 0 aliphatic heterocycles. The molecule has 2 N–H and O–H groups in total. The van der Waals surface area contributed by atoms with Gasteiger partial charge in [-0.3, -0.25) is 0 Å². The molecule has 0 saturated carbocycles. The summed E-state index contributed by atoms with van der Waals surface area (Å²) < 4.78 is 11.4. The summed E-state index contributed by atoms with van der Waals surface area (Å²) in [5.74, 6) is 1.11. The highest BCUT2D eigenvalue weighted by atomic mass is 79.9. The largest absolute Gasteiger partial charge is 0.496 e. The molecule has 0 radical (unpaired) electrons. The van der Waals surface area contributed by atoms with Crippen LogP contribution in [0.3, 0.4) is 0 Å². The van der Waals surface area contributed by atoms with Crippen molar-refractivity contribution in [2.45, 2.75) is 0 Å². The minimum atomic E-state index is 0.315. The van der Waals surface area contributed by atoms with Crippen molar-refractivity contribution in [3.63, 3.8) is 0 Å². The quantitative estimate of drug-likeness (QED) is 0.759. The first-order valence-corrected chi connectivity index (χ1v) is 7.50. The highest BCUT2D eigenvalue weighted by Gasteiger charge is 2.19. The van der Waals surface area contributed by atoms with Crippen molar-refractivity contribution >= 4 is 33.2 Å². The molecule has 102 valence electrons. The van der Waals surface area contributed by atoms with Crippen molar-refractivity contribution in [1.29, 1.82) is 0 Å². The van der Waals surface area contributed by atoms with E-state index in [0.29, 0.717) is 5.88 Å². The van der Waals surface area contributed by atoms with Gasteiger partial charge in [0, 0.05) is 15.9 Å². The maximum absolute atomic E-state index is 5.92. The van der Waals surface area contributed by atoms with E-state index in [1.165, 1.54) is 0 Å². The summed E-state index contributed by atoms with van der Waals surface area (Å²) in [6, 6.07) is 9.79. The van der Waals surface area contributed by atoms with Crippen molar-refractivity contribution < 1.29 is 9.26 Å². The first-order valence-electron chi connectivity index (χ1n) is 5.83. The predicted octanol–water partition coefficient (Wildman–Crippen LogP) is 4.42. The normalized spacial score (nSPS) is 10.7. The Hall–Kier alpha value is -1.79. The van der Waals surface area contributed by atoms with E-state index in [2.05, 4.69) is 21.1 Å². The lowest BCUT2D eigenvalue weighted by Gasteiger charge is -2.01. The predicted molar refractivity (Wildman–Crippen MR) is 83.9 cm³/mol. The topological polar surface area (TPSA) is 61.3 Å². The Labute approximate surface area is 128 Å². The molecule has 0 atom stereocenters. The van der Waals surface area contributed by atoms with Crippen LogP contribution < -0.4 is 10.5 Å². The molecule has 2 heterocycles. The number of rotatable bonds is 3. The van der Waals surface area contributed by atoms with Crippen molar-refractivity contribution in [1.82, 2.24) is 5.16 Å². The fraction of sp³-hybridized carbons (Fsp3) is 0.0714. The summed E-state index contributed by atoms with van der Waals surface area (Å²) in [6.07, 6.45) is 0. The average Bonchev–Trinajstić information content (AvgIpc) is 3.06. The van der Waals surface area contributed by atoms with Gasteiger partial charge in [0.1, 0.15) is 11.4 Å². The van der Waals surface area contributed by atoms with Gasteiger partial charge in [0.25, 0.3) is 0 Å². The number of thiophene rings is 1. The molecule has 0 fully saturated rings. The highest BCUT2D eigenvalue weighted by molar-refractivity contribution is 9.10. The molecule has 4 nitrogen and oxygen atoms in total. The van der Waals surface area contributed by atoms with E-state index in [1.54, 1.807) is 18.4 Å². The molecule has 0 bridgehead atoms. The second kappa shape index (κ2) is 5.30. The average molecular weight is 351 g/mol. The van der Waals surface area contributed by atoms with Gasteiger partial charge < -0.3 is 15.0 Å². The SMILES string of the molecule is COc1csc(-c2noc(N)c2-c2ccc(Br)cc2)c1. The van der Waals surface area contributed by atoms with Crippen LogP contribution in [0.4, 0.5) is 5.88 Å². The second-order valence-electron chi connectivity index (χ2n) is 4.13. The van der Waals surface area contributed by atoms with E-state index < -0.39 is 0 Å². The lowest BCUT2D eigenvalue weighted by Crippen LogP contribution is -1.86. The molecule has 2 aromatic heterocycles. The van der Waals surface area contributed by atoms with E-state index in [1.807, 2.05) is 35.7 Å². The molecule has 0 spiro atoms. The zero-order valence-electron chi connectivity index (χ0n) is 10.6. The van der Waals surface area contributed by atoms with Gasteiger partial charge in [-0.15, -0.1) is 11.3 Å². The van der Waals surface area contributed by atoms with Crippen LogP contribution in [0.2, 0.25) is 0 Å². The number of nitrogens with two attached hydrogens (primary N) is 1. The van der Waals surface area contributed by atoms with Gasteiger partial charge in [0.2, 0.25) is 5.88 Å². The maximum atomic E-state index is 5.92. The van der Waals surface area contributed by atoms with Gasteiger partial charge >= 0.3 is 0 Å². The van der Waals surface area contributed by atoms with Crippen LogP contribution in [0.15, 0.2) is 44.7 Å². The Bertz CT molecular complexity index is 734. The number of benzene rings is 1. The third-order valence-electron chi connectivity index (χ3n) is 2.90. The van der Waals surface area contributed by atoms with Crippen molar-refractivity contribution in [2.24, 2.45) is 0 Å². The lowest BCUT2D eigenvalue weighted by molar-refractivity contribution is 0.416. The maximum Gasteiger partial charge on any atom is 0.230 e. The highest BCUT2D eigenvalue weighted by Crippen LogP contribution is 2.40. The van der Waals surface area contributed by atoms with Crippen molar-refractivity contribution in [2.75, 3.05) is 12.8 Å². The van der Waals surface area contributed by atoms with Gasteiger partial charge in [-0.1, -0.05) is 33.2 Å². The van der Waals surface area contributed by atoms with E-state index in [-0.39, 0.29) is 0 Å². The third-order valence-corrected chi connectivity index (χ3v) is 4.34. The van der Waals surface area contributed by atoms with Gasteiger partial charge in [-0.05, 0) is 17.7 Å². The zero-order valence-corrected chi connectivity index (χ0v) is 13.0. The molecule has 0 amide bonds. The van der Waals surface area contributed by atoms with Gasteiger partial charge in [-0.2, -0.15) is 0 Å². The van der Waals surface area contributed by atoms with Gasteiger partial charge in [0.05, 0.1) is 17.6 Å². The molecular formula is C14H11BrN2O2S. The number of methoxy groups -OCH3 is 1. The van der Waals surface area contributed by atoms with Crippen molar-refractivity contribution in [3.05, 3.63) is 40.2 Å². The second-order valence-corrected chi connectivity index (χ2v) is 5.96. The summed E-state index contributed by atoms with van der Waals surface area (Å²) in [5, 5.41) is 6.00. The van der Waals surface area contributed by atoms with Crippen LogP contribution in [0, 0.1) is 0 Å². The number of ether oxygens (including phenoxy) is 1. The first kappa shape index (κ1) is 13.2. The van der Waals surface area contributed by atoms with E-state index >= 15 is 0 Å². The lowest BCUT2D eigenvalue weighted by atomic mass is 10.1. The summed E-state index contributed by atoms with van der Waals surface area (Å²) in [7, 11) is 1.64. The van der Waals surface area contributed by atoms with Gasteiger partial charge in [-0.25, -0.2) is 0 Å². The Balaban J connectivity index is 2.11. The van der Waals surface area contributed by atoms with Crippen LogP contribution in [-0.2, 0) is 0 Å². The molecule has 3 rings (SSSR count). The van der Waals surface area contributed by atoms with Crippen LogP contribution in [0.25, 0.3) is 21.7 Å². The molecule has 6 heteroatoms. The molecule has 0 saturated heterocycles. The van der Waals surface area contributed by atoms with Gasteiger partial charge in [0.15, 0.2) is 0 Å². The summed E-state index contributed by atoms with van der Waals surface area (Å²) in [5.41, 5.74) is 8.43. The number of hydrogen-bond donors (Lipinski definition) is 1. The third kappa shape index (κ3) is 2.32. The Morgan fingerprint density at radius 3 is 2.70 bits per heavy atom. The molecule has 0 unspecified atom stereocenters. The zero-order chi connectivity index (χ0) is 14.1. The van der Waals surface area contributed by atoms with Crippen LogP contribution >= 0.6 is 27.3 Å². The summed E-state index contributed by atoms with van der Waals surface area (Å²) in [6.45, 7) is 0. The van der Waals surface area contributed by atoms with Crippen LogP contribution in [0.5, 0.6) is 5.75 Å². The smallest absolute Gasteiger partial charge is 0.230 e. The fourth-order valence-electron chi connectivity index (χ4n) is 1.92. The Morgan fingerprint density at radius 2 is 2.05 bits per heavy atom. The van der Waals surface area contributed by atoms with Crippen LogP contribution in [-0.4, -0.2) is 12.3 Å². The van der Waals surface area contributed by atoms with Crippen molar-refractivity contribution in [3.8, 4) is 27.4 Å². The number of nitrogens with zero attached hydrogens (tertiary/aromatic N) is 1. The van der Waals surface area contributed by atoms with E-state index in [0.717, 1.165) is 31.9 Å².